The van der Waals surface area contributed by atoms with Crippen LogP contribution >= 0.6 is 0 Å². The number of hydrogen-bond donors (Lipinski definition) is 0. The topological polar surface area (TPSA) is 43.4 Å². The van der Waals surface area contributed by atoms with Gasteiger partial charge in [-0.3, -0.25) is 4.79 Å². The van der Waals surface area contributed by atoms with Crippen LogP contribution in [0.15, 0.2) is 30.3 Å². The second-order valence-corrected chi connectivity index (χ2v) is 6.71. The van der Waals surface area contributed by atoms with E-state index in [-0.39, 0.29) is 11.7 Å². The van der Waals surface area contributed by atoms with Crippen LogP contribution in [0.5, 0.6) is 0 Å². The van der Waals surface area contributed by atoms with Gasteiger partial charge in [0, 0.05) is 25.4 Å². The van der Waals surface area contributed by atoms with Gasteiger partial charge in [0.2, 0.25) is 0 Å². The maximum atomic E-state index is 12.0. The van der Waals surface area contributed by atoms with Crippen LogP contribution in [-0.4, -0.2) is 18.2 Å². The number of ketones is 2. The minimum atomic E-state index is 0.114. The summed E-state index contributed by atoms with van der Waals surface area (Å²) in [4.78, 5) is 23.0. The molecule has 0 bridgehead atoms. The summed E-state index contributed by atoms with van der Waals surface area (Å²) < 4.78 is 5.76. The van der Waals surface area contributed by atoms with Gasteiger partial charge in [-0.05, 0) is 50.5 Å². The van der Waals surface area contributed by atoms with E-state index in [1.807, 2.05) is 18.2 Å². The van der Waals surface area contributed by atoms with Gasteiger partial charge in [-0.25, -0.2) is 0 Å². The SMILES string of the molecule is CC(=O)CCC(=O)C1CCC(CCOCc2ccccc2)CC1. The summed E-state index contributed by atoms with van der Waals surface area (Å²) in [7, 11) is 0. The summed E-state index contributed by atoms with van der Waals surface area (Å²) in [5.74, 6) is 1.28. The average Bonchev–Trinajstić information content (AvgIpc) is 2.58. The van der Waals surface area contributed by atoms with E-state index >= 15 is 0 Å². The monoisotopic (exact) mass is 316 g/mol. The van der Waals surface area contributed by atoms with Crippen molar-refractivity contribution >= 4 is 11.6 Å². The van der Waals surface area contributed by atoms with E-state index in [2.05, 4.69) is 12.1 Å². The first-order valence-corrected chi connectivity index (χ1v) is 8.79. The molecule has 0 aromatic heterocycles. The molecule has 2 rings (SSSR count). The van der Waals surface area contributed by atoms with Gasteiger partial charge in [0.15, 0.2) is 0 Å². The molecule has 0 saturated heterocycles. The van der Waals surface area contributed by atoms with Gasteiger partial charge >= 0.3 is 0 Å². The number of carbonyl (C=O) groups is 2. The predicted octanol–water partition coefficient (Wildman–Crippen LogP) is 4.34. The molecule has 0 unspecified atom stereocenters. The molecular formula is C20H28O3. The molecule has 0 amide bonds. The van der Waals surface area contributed by atoms with Crippen molar-refractivity contribution in [3.8, 4) is 0 Å². The minimum absolute atomic E-state index is 0.114. The van der Waals surface area contributed by atoms with E-state index < -0.39 is 0 Å². The number of rotatable bonds is 9. The van der Waals surface area contributed by atoms with E-state index in [0.29, 0.717) is 31.1 Å². The van der Waals surface area contributed by atoms with Crippen LogP contribution in [0, 0.1) is 11.8 Å². The fraction of sp³-hybridized carbons (Fsp3) is 0.600. The van der Waals surface area contributed by atoms with Crippen molar-refractivity contribution in [1.82, 2.24) is 0 Å². The van der Waals surface area contributed by atoms with E-state index in [1.54, 1.807) is 6.92 Å². The van der Waals surface area contributed by atoms with Crippen LogP contribution in [-0.2, 0) is 20.9 Å². The molecular weight excluding hydrogens is 288 g/mol. The molecule has 0 heterocycles. The fourth-order valence-electron chi connectivity index (χ4n) is 3.29. The first kappa shape index (κ1) is 17.9. The zero-order valence-electron chi connectivity index (χ0n) is 14.1. The summed E-state index contributed by atoms with van der Waals surface area (Å²) in [5, 5.41) is 0. The molecule has 1 aliphatic carbocycles. The van der Waals surface area contributed by atoms with Gasteiger partial charge in [0.1, 0.15) is 11.6 Å². The second kappa shape index (κ2) is 9.61. The molecule has 1 aromatic carbocycles. The summed E-state index contributed by atoms with van der Waals surface area (Å²) >= 11 is 0. The summed E-state index contributed by atoms with van der Waals surface area (Å²) in [6, 6.07) is 10.2. The molecule has 1 fully saturated rings. The molecule has 126 valence electrons. The minimum Gasteiger partial charge on any atom is -0.377 e. The summed E-state index contributed by atoms with van der Waals surface area (Å²) in [5.41, 5.74) is 1.22. The molecule has 0 N–H and O–H groups in total. The van der Waals surface area contributed by atoms with Gasteiger partial charge in [0.05, 0.1) is 6.61 Å². The van der Waals surface area contributed by atoms with Crippen LogP contribution in [0.25, 0.3) is 0 Å². The van der Waals surface area contributed by atoms with Crippen molar-refractivity contribution in [3.05, 3.63) is 35.9 Å². The molecule has 1 aliphatic rings. The first-order chi connectivity index (χ1) is 11.1. The van der Waals surface area contributed by atoms with Gasteiger partial charge in [-0.15, -0.1) is 0 Å². The van der Waals surface area contributed by atoms with E-state index in [1.165, 1.54) is 5.56 Å². The molecule has 0 atom stereocenters. The Morgan fingerprint density at radius 3 is 2.39 bits per heavy atom. The highest BCUT2D eigenvalue weighted by Crippen LogP contribution is 2.32. The highest BCUT2D eigenvalue weighted by Gasteiger charge is 2.25. The van der Waals surface area contributed by atoms with Crippen LogP contribution in [0.2, 0.25) is 0 Å². The van der Waals surface area contributed by atoms with Crippen LogP contribution in [0.4, 0.5) is 0 Å². The Morgan fingerprint density at radius 1 is 1.04 bits per heavy atom. The average molecular weight is 316 g/mol. The van der Waals surface area contributed by atoms with Gasteiger partial charge in [-0.2, -0.15) is 0 Å². The Labute approximate surface area is 139 Å². The quantitative estimate of drug-likeness (QED) is 0.637. The molecule has 3 nitrogen and oxygen atoms in total. The highest BCUT2D eigenvalue weighted by molar-refractivity contribution is 5.86. The van der Waals surface area contributed by atoms with Crippen molar-refractivity contribution in [3.63, 3.8) is 0 Å². The summed E-state index contributed by atoms with van der Waals surface area (Å²) in [6.07, 6.45) is 6.13. The van der Waals surface area contributed by atoms with Crippen LogP contribution in [0.1, 0.15) is 57.4 Å². The number of hydrogen-bond acceptors (Lipinski definition) is 3. The Hall–Kier alpha value is -1.48. The van der Waals surface area contributed by atoms with Crippen molar-refractivity contribution in [2.75, 3.05) is 6.61 Å². The maximum absolute atomic E-state index is 12.0. The van der Waals surface area contributed by atoms with E-state index in [4.69, 9.17) is 4.74 Å². The van der Waals surface area contributed by atoms with Crippen LogP contribution < -0.4 is 0 Å². The van der Waals surface area contributed by atoms with Gasteiger partial charge < -0.3 is 9.53 Å². The second-order valence-electron chi connectivity index (χ2n) is 6.71. The first-order valence-electron chi connectivity index (χ1n) is 8.79. The molecule has 0 radical (unpaired) electrons. The third-order valence-electron chi connectivity index (χ3n) is 4.81. The summed E-state index contributed by atoms with van der Waals surface area (Å²) in [6.45, 7) is 3.03. The van der Waals surface area contributed by atoms with Gasteiger partial charge in [0.25, 0.3) is 0 Å². The lowest BCUT2D eigenvalue weighted by Crippen LogP contribution is -2.23. The fourth-order valence-corrected chi connectivity index (χ4v) is 3.29. The maximum Gasteiger partial charge on any atom is 0.136 e. The lowest BCUT2D eigenvalue weighted by Gasteiger charge is -2.27. The predicted molar refractivity (Wildman–Crippen MR) is 91.1 cm³/mol. The van der Waals surface area contributed by atoms with Crippen molar-refractivity contribution < 1.29 is 14.3 Å². The number of ether oxygens (including phenoxy) is 1. The van der Waals surface area contributed by atoms with E-state index in [0.717, 1.165) is 38.7 Å². The lowest BCUT2D eigenvalue weighted by molar-refractivity contribution is -0.126. The largest absolute Gasteiger partial charge is 0.377 e. The third-order valence-corrected chi connectivity index (χ3v) is 4.81. The smallest absolute Gasteiger partial charge is 0.136 e. The highest BCUT2D eigenvalue weighted by atomic mass is 16.5. The third kappa shape index (κ3) is 6.66. The normalized spacial score (nSPS) is 21.1. The standard InChI is InChI=1S/C20H28O3/c1-16(21)7-12-20(22)19-10-8-17(9-11-19)13-14-23-15-18-5-3-2-4-6-18/h2-6,17,19H,7-15H2,1H3. The Balaban J connectivity index is 1.57. The lowest BCUT2D eigenvalue weighted by atomic mass is 9.78. The van der Waals surface area contributed by atoms with Crippen molar-refractivity contribution in [1.29, 1.82) is 0 Å². The Kier molecular flexibility index (Phi) is 7.47. The van der Waals surface area contributed by atoms with Gasteiger partial charge in [-0.1, -0.05) is 30.3 Å². The van der Waals surface area contributed by atoms with Crippen molar-refractivity contribution in [2.45, 2.75) is 58.5 Å². The number of carbonyl (C=O) groups excluding carboxylic acids is 2. The molecule has 0 aliphatic heterocycles. The number of Topliss-reactive ketones (excluding diaryl/α,β-unsaturated/α-hetero) is 2. The molecule has 3 heteroatoms. The molecule has 1 aromatic rings. The molecule has 23 heavy (non-hydrogen) atoms. The Bertz CT molecular complexity index is 487. The number of benzene rings is 1. The molecule has 1 saturated carbocycles. The Morgan fingerprint density at radius 2 is 1.74 bits per heavy atom. The zero-order valence-corrected chi connectivity index (χ0v) is 14.1. The van der Waals surface area contributed by atoms with E-state index in [9.17, 15) is 9.59 Å². The molecule has 0 spiro atoms. The zero-order chi connectivity index (χ0) is 16.5. The van der Waals surface area contributed by atoms with Crippen molar-refractivity contribution in [2.24, 2.45) is 11.8 Å². The van der Waals surface area contributed by atoms with Crippen LogP contribution in [0.3, 0.4) is 0 Å².